The van der Waals surface area contributed by atoms with Gasteiger partial charge in [-0.15, -0.1) is 0 Å². The summed E-state index contributed by atoms with van der Waals surface area (Å²) >= 11 is 0. The number of aryl methyl sites for hydroxylation is 2. The summed E-state index contributed by atoms with van der Waals surface area (Å²) in [4.78, 5) is 34.1. The molecule has 22 heavy (non-hydrogen) atoms. The lowest BCUT2D eigenvalue weighted by Gasteiger charge is -2.08. The molecule has 1 amide bonds. The molecule has 1 aromatic heterocycles. The first-order chi connectivity index (χ1) is 10.4. The van der Waals surface area contributed by atoms with Gasteiger partial charge in [0, 0.05) is 17.3 Å². The molecule has 0 aliphatic rings. The zero-order chi connectivity index (χ0) is 16.3. The molecule has 0 saturated heterocycles. The molecule has 0 atom stereocenters. The summed E-state index contributed by atoms with van der Waals surface area (Å²) in [5.74, 6) is -0.425. The van der Waals surface area contributed by atoms with Gasteiger partial charge in [0.15, 0.2) is 0 Å². The first kappa shape index (κ1) is 15.4. The number of aromatic nitrogens is 1. The van der Waals surface area contributed by atoms with Gasteiger partial charge in [0.25, 0.3) is 11.2 Å². The van der Waals surface area contributed by atoms with Crippen LogP contribution in [0, 0.1) is 24.0 Å². The van der Waals surface area contributed by atoms with Crippen LogP contribution in [0.3, 0.4) is 0 Å². The van der Waals surface area contributed by atoms with Crippen molar-refractivity contribution in [2.24, 2.45) is 0 Å². The van der Waals surface area contributed by atoms with E-state index < -0.39 is 16.4 Å². The van der Waals surface area contributed by atoms with Crippen molar-refractivity contribution in [3.05, 3.63) is 68.1 Å². The Morgan fingerprint density at radius 2 is 1.91 bits per heavy atom. The zero-order valence-electron chi connectivity index (χ0n) is 12.2. The van der Waals surface area contributed by atoms with Gasteiger partial charge in [-0.1, -0.05) is 17.7 Å². The van der Waals surface area contributed by atoms with E-state index >= 15 is 0 Å². The molecule has 2 aromatic rings. The highest BCUT2D eigenvalue weighted by Gasteiger charge is 2.13. The second-order valence-corrected chi connectivity index (χ2v) is 4.99. The van der Waals surface area contributed by atoms with Crippen molar-refractivity contribution in [1.29, 1.82) is 0 Å². The Bertz CT molecular complexity index is 778. The predicted molar refractivity (Wildman–Crippen MR) is 81.9 cm³/mol. The monoisotopic (exact) mass is 301 g/mol. The average Bonchev–Trinajstić information content (AvgIpc) is 2.46. The topological polar surface area (TPSA) is 94.2 Å². The zero-order valence-corrected chi connectivity index (χ0v) is 12.2. The molecular weight excluding hydrogens is 286 g/mol. The Kier molecular flexibility index (Phi) is 4.36. The number of hydrogen-bond acceptors (Lipinski definition) is 4. The molecule has 0 fully saturated rings. The Morgan fingerprint density at radius 1 is 1.27 bits per heavy atom. The smallest absolute Gasteiger partial charge is 0.286 e. The quantitative estimate of drug-likeness (QED) is 0.690. The van der Waals surface area contributed by atoms with Crippen molar-refractivity contribution in [3.63, 3.8) is 0 Å². The summed E-state index contributed by atoms with van der Waals surface area (Å²) in [6, 6.07) is 8.37. The van der Waals surface area contributed by atoms with Crippen molar-refractivity contribution >= 4 is 17.3 Å². The molecule has 7 nitrogen and oxygen atoms in total. The van der Waals surface area contributed by atoms with Crippen LogP contribution in [0.15, 0.2) is 41.3 Å². The van der Waals surface area contributed by atoms with E-state index in [1.54, 1.807) is 12.1 Å². The van der Waals surface area contributed by atoms with Crippen LogP contribution in [-0.2, 0) is 11.3 Å². The van der Waals surface area contributed by atoms with Crippen molar-refractivity contribution in [1.82, 2.24) is 4.57 Å². The molecule has 114 valence electrons. The summed E-state index contributed by atoms with van der Waals surface area (Å²) in [5, 5.41) is 13.5. The summed E-state index contributed by atoms with van der Waals surface area (Å²) in [5.41, 5.74) is 1.23. The van der Waals surface area contributed by atoms with Gasteiger partial charge in [-0.05, 0) is 26.0 Å². The lowest BCUT2D eigenvalue weighted by atomic mass is 10.2. The Morgan fingerprint density at radius 3 is 2.50 bits per heavy atom. The van der Waals surface area contributed by atoms with Gasteiger partial charge in [0.2, 0.25) is 5.91 Å². The predicted octanol–water partition coefficient (Wildman–Crippen LogP) is 2.01. The highest BCUT2D eigenvalue weighted by molar-refractivity contribution is 5.90. The molecule has 0 aliphatic carbocycles. The number of pyridine rings is 1. The van der Waals surface area contributed by atoms with Crippen LogP contribution in [0.2, 0.25) is 0 Å². The lowest BCUT2D eigenvalue weighted by molar-refractivity contribution is -0.385. The number of rotatable bonds is 4. The fourth-order valence-corrected chi connectivity index (χ4v) is 1.98. The number of anilines is 1. The molecule has 0 unspecified atom stereocenters. The van der Waals surface area contributed by atoms with Crippen LogP contribution < -0.4 is 10.9 Å². The van der Waals surface area contributed by atoms with Crippen LogP contribution >= 0.6 is 0 Å². The molecular formula is C15H15N3O4. The molecule has 2 rings (SSSR count). The lowest BCUT2D eigenvalue weighted by Crippen LogP contribution is -2.28. The van der Waals surface area contributed by atoms with Crippen LogP contribution in [0.5, 0.6) is 0 Å². The number of nitro groups is 1. The van der Waals surface area contributed by atoms with Gasteiger partial charge < -0.3 is 5.32 Å². The fourth-order valence-electron chi connectivity index (χ4n) is 1.98. The third-order valence-electron chi connectivity index (χ3n) is 3.11. The minimum absolute atomic E-state index is 0.220. The fraction of sp³-hybridized carbons (Fsp3) is 0.200. The Balaban J connectivity index is 2.19. The van der Waals surface area contributed by atoms with Crippen LogP contribution in [0.4, 0.5) is 11.4 Å². The van der Waals surface area contributed by atoms with Gasteiger partial charge in [0.1, 0.15) is 6.54 Å². The average molecular weight is 301 g/mol. The van der Waals surface area contributed by atoms with E-state index in [2.05, 4.69) is 5.32 Å². The van der Waals surface area contributed by atoms with Crippen molar-refractivity contribution in [2.45, 2.75) is 20.4 Å². The summed E-state index contributed by atoms with van der Waals surface area (Å²) < 4.78 is 1.04. The first-order valence-electron chi connectivity index (χ1n) is 6.59. The maximum Gasteiger partial charge on any atom is 0.286 e. The molecule has 1 aromatic carbocycles. The molecule has 0 saturated carbocycles. The number of benzene rings is 1. The normalized spacial score (nSPS) is 10.3. The van der Waals surface area contributed by atoms with E-state index in [-0.39, 0.29) is 17.8 Å². The Hall–Kier alpha value is -2.96. The molecule has 0 bridgehead atoms. The van der Waals surface area contributed by atoms with E-state index in [1.807, 2.05) is 19.1 Å². The van der Waals surface area contributed by atoms with E-state index in [0.29, 0.717) is 5.69 Å². The molecule has 7 heteroatoms. The molecule has 0 spiro atoms. The third kappa shape index (κ3) is 3.57. The van der Waals surface area contributed by atoms with Crippen LogP contribution in [-0.4, -0.2) is 15.4 Å². The van der Waals surface area contributed by atoms with Crippen LogP contribution in [0.1, 0.15) is 11.1 Å². The number of hydrogen-bond donors (Lipinski definition) is 1. The van der Waals surface area contributed by atoms with Gasteiger partial charge in [-0.3, -0.25) is 24.3 Å². The van der Waals surface area contributed by atoms with Gasteiger partial charge in [0.05, 0.1) is 11.1 Å². The summed E-state index contributed by atoms with van der Waals surface area (Å²) in [6.45, 7) is 3.12. The number of amides is 1. The van der Waals surface area contributed by atoms with Gasteiger partial charge in [-0.25, -0.2) is 0 Å². The highest BCUT2D eigenvalue weighted by Crippen LogP contribution is 2.11. The summed E-state index contributed by atoms with van der Waals surface area (Å²) in [6.07, 6.45) is 1.07. The standard InChI is InChI=1S/C15H15N3O4/c1-10-3-5-12(6-4-10)16-14(19)9-17-8-13(18(21)22)7-11(2)15(17)20/h3-8H,9H2,1-2H3,(H,16,19). The van der Waals surface area contributed by atoms with Crippen LogP contribution in [0.25, 0.3) is 0 Å². The number of nitrogens with one attached hydrogen (secondary N) is 1. The number of nitrogens with zero attached hydrogens (tertiary/aromatic N) is 2. The highest BCUT2D eigenvalue weighted by atomic mass is 16.6. The molecule has 0 aliphatic heterocycles. The van der Waals surface area contributed by atoms with Crippen molar-refractivity contribution in [3.8, 4) is 0 Å². The molecule has 1 heterocycles. The summed E-state index contributed by atoms with van der Waals surface area (Å²) in [7, 11) is 0. The molecule has 0 radical (unpaired) electrons. The van der Waals surface area contributed by atoms with E-state index in [9.17, 15) is 19.7 Å². The number of carbonyl (C=O) groups excluding carboxylic acids is 1. The van der Waals surface area contributed by atoms with E-state index in [4.69, 9.17) is 0 Å². The van der Waals surface area contributed by atoms with Gasteiger partial charge in [-0.2, -0.15) is 0 Å². The molecule has 1 N–H and O–H groups in total. The maximum atomic E-state index is 12.0. The van der Waals surface area contributed by atoms with E-state index in [1.165, 1.54) is 13.0 Å². The number of carbonyl (C=O) groups is 1. The van der Waals surface area contributed by atoms with E-state index in [0.717, 1.165) is 16.3 Å². The second-order valence-electron chi connectivity index (χ2n) is 4.99. The minimum atomic E-state index is -0.596. The third-order valence-corrected chi connectivity index (χ3v) is 3.11. The maximum absolute atomic E-state index is 12.0. The van der Waals surface area contributed by atoms with Crippen molar-refractivity contribution < 1.29 is 9.72 Å². The first-order valence-corrected chi connectivity index (χ1v) is 6.59. The van der Waals surface area contributed by atoms with Crippen molar-refractivity contribution in [2.75, 3.05) is 5.32 Å². The second kappa shape index (κ2) is 6.21. The largest absolute Gasteiger partial charge is 0.325 e. The minimum Gasteiger partial charge on any atom is -0.325 e. The Labute approximate surface area is 126 Å². The van der Waals surface area contributed by atoms with Gasteiger partial charge >= 0.3 is 0 Å². The SMILES string of the molecule is Cc1ccc(NC(=O)Cn2cc([N+](=O)[O-])cc(C)c2=O)cc1.